The van der Waals surface area contributed by atoms with Crippen molar-refractivity contribution in [3.63, 3.8) is 0 Å². The lowest BCUT2D eigenvalue weighted by atomic mass is 10.1. The summed E-state index contributed by atoms with van der Waals surface area (Å²) in [5.74, 6) is -0.317. The zero-order valence-corrected chi connectivity index (χ0v) is 14.5. The predicted octanol–water partition coefficient (Wildman–Crippen LogP) is 0.703. The van der Waals surface area contributed by atoms with E-state index in [1.54, 1.807) is 24.3 Å². The molecule has 0 unspecified atom stereocenters. The smallest absolute Gasteiger partial charge is 0.305 e. The molecule has 25 heavy (non-hydrogen) atoms. The molecule has 0 aliphatic carbocycles. The fourth-order valence-corrected chi connectivity index (χ4v) is 2.76. The van der Waals surface area contributed by atoms with Crippen molar-refractivity contribution >= 4 is 23.5 Å². The summed E-state index contributed by atoms with van der Waals surface area (Å²) in [7, 11) is 1.40. The number of hydrogen-bond donors (Lipinski definition) is 3. The third kappa shape index (κ3) is 5.75. The van der Waals surface area contributed by atoms with Crippen molar-refractivity contribution in [1.29, 1.82) is 5.41 Å². The van der Waals surface area contributed by atoms with E-state index in [-0.39, 0.29) is 17.8 Å². The molecule has 0 spiro atoms. The number of nitrogens with two attached hydrogens (primary N) is 1. The largest absolute Gasteiger partial charge is 0.469 e. The normalized spacial score (nSPS) is 14.8. The molecular weight excluding hydrogens is 322 g/mol. The van der Waals surface area contributed by atoms with Crippen LogP contribution in [0.5, 0.6) is 0 Å². The van der Waals surface area contributed by atoms with Gasteiger partial charge in [-0.25, -0.2) is 0 Å². The molecule has 8 nitrogen and oxygen atoms in total. The summed E-state index contributed by atoms with van der Waals surface area (Å²) in [4.78, 5) is 27.8. The highest BCUT2D eigenvalue weighted by atomic mass is 16.5. The summed E-state index contributed by atoms with van der Waals surface area (Å²) in [5, 5.41) is 9.88. The van der Waals surface area contributed by atoms with Crippen molar-refractivity contribution in [2.45, 2.75) is 12.8 Å². The number of guanidine groups is 1. The van der Waals surface area contributed by atoms with Gasteiger partial charge in [0.2, 0.25) is 0 Å². The summed E-state index contributed by atoms with van der Waals surface area (Å²) in [5.41, 5.74) is 6.58. The van der Waals surface area contributed by atoms with Crippen LogP contribution in [0.4, 0.5) is 5.69 Å². The van der Waals surface area contributed by atoms with Crippen molar-refractivity contribution in [2.24, 2.45) is 5.73 Å². The summed E-state index contributed by atoms with van der Waals surface area (Å²) >= 11 is 0. The standard InChI is InChI=1S/C17H25N5O3/c1-25-15(23)3-2-8-21-9-11-22(12-10-21)16(24)13-4-6-14(7-5-13)20-17(18)19/h4-7H,2-3,8-12H2,1H3,(H4,18,19,20). The van der Waals surface area contributed by atoms with E-state index < -0.39 is 0 Å². The Morgan fingerprint density at radius 2 is 1.84 bits per heavy atom. The lowest BCUT2D eigenvalue weighted by Gasteiger charge is -2.34. The molecule has 0 aromatic heterocycles. The van der Waals surface area contributed by atoms with Gasteiger partial charge in [-0.3, -0.25) is 19.9 Å². The van der Waals surface area contributed by atoms with Gasteiger partial charge in [-0.05, 0) is 37.2 Å². The van der Waals surface area contributed by atoms with Gasteiger partial charge in [0.15, 0.2) is 5.96 Å². The van der Waals surface area contributed by atoms with Crippen LogP contribution in [0.2, 0.25) is 0 Å². The number of ether oxygens (including phenoxy) is 1. The zero-order valence-electron chi connectivity index (χ0n) is 14.5. The van der Waals surface area contributed by atoms with Gasteiger partial charge in [-0.1, -0.05) is 0 Å². The molecule has 1 fully saturated rings. The maximum absolute atomic E-state index is 12.5. The first kappa shape index (κ1) is 18.7. The molecule has 136 valence electrons. The third-order valence-corrected chi connectivity index (χ3v) is 4.15. The van der Waals surface area contributed by atoms with E-state index in [4.69, 9.17) is 11.1 Å². The second kappa shape index (κ2) is 9.03. The van der Waals surface area contributed by atoms with Gasteiger partial charge in [-0.15, -0.1) is 0 Å². The summed E-state index contributed by atoms with van der Waals surface area (Å²) in [6.45, 7) is 3.78. The summed E-state index contributed by atoms with van der Waals surface area (Å²) < 4.78 is 4.63. The molecule has 1 heterocycles. The molecule has 0 radical (unpaired) electrons. The summed E-state index contributed by atoms with van der Waals surface area (Å²) in [6, 6.07) is 6.93. The minimum Gasteiger partial charge on any atom is -0.469 e. The highest BCUT2D eigenvalue weighted by molar-refractivity contribution is 5.95. The van der Waals surface area contributed by atoms with E-state index in [0.29, 0.717) is 30.8 Å². The van der Waals surface area contributed by atoms with E-state index in [1.165, 1.54) is 7.11 Å². The Kier molecular flexibility index (Phi) is 6.76. The number of nitrogens with one attached hydrogen (secondary N) is 2. The fourth-order valence-electron chi connectivity index (χ4n) is 2.76. The molecule has 1 aliphatic rings. The summed E-state index contributed by atoms with van der Waals surface area (Å²) in [6.07, 6.45) is 1.20. The number of hydrogen-bond acceptors (Lipinski definition) is 5. The molecule has 0 atom stereocenters. The highest BCUT2D eigenvalue weighted by Crippen LogP contribution is 2.13. The van der Waals surface area contributed by atoms with Gasteiger partial charge in [0.05, 0.1) is 7.11 Å². The van der Waals surface area contributed by atoms with Crippen LogP contribution in [0.25, 0.3) is 0 Å². The van der Waals surface area contributed by atoms with Gasteiger partial charge in [0.25, 0.3) is 5.91 Å². The van der Waals surface area contributed by atoms with Crippen molar-refractivity contribution < 1.29 is 14.3 Å². The minimum absolute atomic E-state index is 0.00332. The lowest BCUT2D eigenvalue weighted by Crippen LogP contribution is -2.48. The van der Waals surface area contributed by atoms with Crippen LogP contribution in [0, 0.1) is 5.41 Å². The number of rotatable bonds is 6. The molecule has 1 aromatic rings. The number of carbonyl (C=O) groups is 2. The predicted molar refractivity (Wildman–Crippen MR) is 95.6 cm³/mol. The Labute approximate surface area is 147 Å². The first-order valence-electron chi connectivity index (χ1n) is 8.29. The lowest BCUT2D eigenvalue weighted by molar-refractivity contribution is -0.140. The van der Waals surface area contributed by atoms with E-state index in [1.807, 2.05) is 4.90 Å². The number of amides is 1. The molecule has 0 bridgehead atoms. The number of anilines is 1. The van der Waals surface area contributed by atoms with E-state index in [2.05, 4.69) is 15.0 Å². The zero-order chi connectivity index (χ0) is 18.2. The van der Waals surface area contributed by atoms with Crippen molar-refractivity contribution in [2.75, 3.05) is 45.2 Å². The van der Waals surface area contributed by atoms with Crippen LogP contribution < -0.4 is 11.1 Å². The van der Waals surface area contributed by atoms with Crippen LogP contribution in [0.3, 0.4) is 0 Å². The van der Waals surface area contributed by atoms with Gasteiger partial charge < -0.3 is 20.7 Å². The van der Waals surface area contributed by atoms with Gasteiger partial charge in [-0.2, -0.15) is 0 Å². The molecule has 2 rings (SSSR count). The second-order valence-electron chi connectivity index (χ2n) is 5.93. The number of nitrogens with zero attached hydrogens (tertiary/aromatic N) is 2. The number of esters is 1. The molecule has 8 heteroatoms. The van der Waals surface area contributed by atoms with Crippen LogP contribution >= 0.6 is 0 Å². The first-order chi connectivity index (χ1) is 12.0. The Balaban J connectivity index is 1.78. The van der Waals surface area contributed by atoms with Crippen LogP contribution in [-0.2, 0) is 9.53 Å². The number of piperazine rings is 1. The Hall–Kier alpha value is -2.61. The molecule has 1 aliphatic heterocycles. The van der Waals surface area contributed by atoms with E-state index in [0.717, 1.165) is 26.1 Å². The van der Waals surface area contributed by atoms with Gasteiger partial charge in [0, 0.05) is 43.9 Å². The molecule has 1 saturated heterocycles. The Bertz CT molecular complexity index is 609. The maximum atomic E-state index is 12.5. The third-order valence-electron chi connectivity index (χ3n) is 4.15. The number of carbonyl (C=O) groups excluding carboxylic acids is 2. The highest BCUT2D eigenvalue weighted by Gasteiger charge is 2.22. The van der Waals surface area contributed by atoms with Crippen molar-refractivity contribution in [3.8, 4) is 0 Å². The molecule has 1 aromatic carbocycles. The van der Waals surface area contributed by atoms with Crippen molar-refractivity contribution in [1.82, 2.24) is 9.80 Å². The van der Waals surface area contributed by atoms with Crippen molar-refractivity contribution in [3.05, 3.63) is 29.8 Å². The molecular formula is C17H25N5O3. The fraction of sp³-hybridized carbons (Fsp3) is 0.471. The monoisotopic (exact) mass is 347 g/mol. The SMILES string of the molecule is COC(=O)CCCN1CCN(C(=O)c2ccc(NC(=N)N)cc2)CC1. The van der Waals surface area contributed by atoms with Crippen LogP contribution in [0.1, 0.15) is 23.2 Å². The molecule has 1 amide bonds. The first-order valence-corrected chi connectivity index (χ1v) is 8.29. The second-order valence-corrected chi connectivity index (χ2v) is 5.93. The number of benzene rings is 1. The van der Waals surface area contributed by atoms with E-state index in [9.17, 15) is 9.59 Å². The van der Waals surface area contributed by atoms with E-state index >= 15 is 0 Å². The van der Waals surface area contributed by atoms with Crippen LogP contribution in [-0.4, -0.2) is 67.5 Å². The van der Waals surface area contributed by atoms with Gasteiger partial charge >= 0.3 is 5.97 Å². The Morgan fingerprint density at radius 3 is 2.40 bits per heavy atom. The van der Waals surface area contributed by atoms with Crippen LogP contribution in [0.15, 0.2) is 24.3 Å². The van der Waals surface area contributed by atoms with Gasteiger partial charge in [0.1, 0.15) is 0 Å². The average molecular weight is 347 g/mol. The molecule has 4 N–H and O–H groups in total. The maximum Gasteiger partial charge on any atom is 0.305 e. The minimum atomic E-state index is -0.184. The average Bonchev–Trinajstić information content (AvgIpc) is 2.61. The topological polar surface area (TPSA) is 112 Å². The number of methoxy groups -OCH3 is 1. The molecule has 0 saturated carbocycles. The quantitative estimate of drug-likeness (QED) is 0.397. The Morgan fingerprint density at radius 1 is 1.20 bits per heavy atom.